The van der Waals surface area contributed by atoms with Gasteiger partial charge in [0.2, 0.25) is 0 Å². The van der Waals surface area contributed by atoms with Crippen molar-refractivity contribution in [2.75, 3.05) is 20.5 Å². The van der Waals surface area contributed by atoms with E-state index in [1.807, 2.05) is 0 Å². The normalized spacial score (nSPS) is 11.2. The number of methoxy groups -OCH3 is 2. The molecule has 0 atom stereocenters. The van der Waals surface area contributed by atoms with E-state index in [0.717, 1.165) is 25.5 Å². The summed E-state index contributed by atoms with van der Waals surface area (Å²) in [5, 5.41) is 0. The first-order chi connectivity index (χ1) is 9.85. The molecule has 1 aromatic rings. The predicted molar refractivity (Wildman–Crippen MR) is 80.7 cm³/mol. The average molecular weight is 314 g/mol. The van der Waals surface area contributed by atoms with E-state index in [2.05, 4.69) is 11.7 Å². The van der Waals surface area contributed by atoms with Crippen molar-refractivity contribution in [1.29, 1.82) is 0 Å². The predicted octanol–water partition coefficient (Wildman–Crippen LogP) is 2.62. The maximum atomic E-state index is 12.0. The zero-order valence-electron chi connectivity index (χ0n) is 12.9. The molecule has 0 saturated heterocycles. The van der Waals surface area contributed by atoms with E-state index in [0.29, 0.717) is 17.7 Å². The summed E-state index contributed by atoms with van der Waals surface area (Å²) in [6, 6.07) is 2.97. The maximum absolute atomic E-state index is 12.0. The van der Waals surface area contributed by atoms with Gasteiger partial charge in [-0.15, -0.1) is 0 Å². The molecule has 0 heterocycles. The standard InChI is InChI=1S/C15H22O5S/c1-5-6-7-8-11-9-13(19-2)12(15(16)20-3)10-14(11)21(4,17)18/h9-10H,5-8H2,1-4H3. The van der Waals surface area contributed by atoms with Gasteiger partial charge in [-0.3, -0.25) is 0 Å². The molecule has 5 nitrogen and oxygen atoms in total. The van der Waals surface area contributed by atoms with Crippen LogP contribution < -0.4 is 4.74 Å². The minimum absolute atomic E-state index is 0.125. The molecule has 0 radical (unpaired) electrons. The summed E-state index contributed by atoms with van der Waals surface area (Å²) in [5.41, 5.74) is 0.801. The maximum Gasteiger partial charge on any atom is 0.341 e. The van der Waals surface area contributed by atoms with Gasteiger partial charge < -0.3 is 9.47 Å². The summed E-state index contributed by atoms with van der Waals surface area (Å²) in [7, 11) is -0.734. The topological polar surface area (TPSA) is 69.7 Å². The van der Waals surface area contributed by atoms with Gasteiger partial charge in [-0.25, -0.2) is 13.2 Å². The Labute approximate surface area is 126 Å². The summed E-state index contributed by atoms with van der Waals surface area (Å²) < 4.78 is 33.8. The Morgan fingerprint density at radius 3 is 2.33 bits per heavy atom. The van der Waals surface area contributed by atoms with E-state index in [9.17, 15) is 13.2 Å². The monoisotopic (exact) mass is 314 g/mol. The molecule has 0 saturated carbocycles. The quantitative estimate of drug-likeness (QED) is 0.571. The van der Waals surface area contributed by atoms with E-state index >= 15 is 0 Å². The number of rotatable bonds is 7. The lowest BCUT2D eigenvalue weighted by Gasteiger charge is -2.13. The first-order valence-electron chi connectivity index (χ1n) is 6.84. The molecule has 1 aromatic carbocycles. The zero-order valence-corrected chi connectivity index (χ0v) is 13.7. The Balaban J connectivity index is 3.38. The number of benzene rings is 1. The van der Waals surface area contributed by atoms with Crippen molar-refractivity contribution in [3.63, 3.8) is 0 Å². The molecular formula is C15H22O5S. The third-order valence-corrected chi connectivity index (χ3v) is 4.42. The summed E-state index contributed by atoms with van der Waals surface area (Å²) in [6.07, 6.45) is 4.73. The zero-order chi connectivity index (χ0) is 16.0. The third kappa shape index (κ3) is 4.46. The first kappa shape index (κ1) is 17.5. The number of ether oxygens (including phenoxy) is 2. The molecule has 0 aromatic heterocycles. The van der Waals surface area contributed by atoms with E-state index in [-0.39, 0.29) is 10.5 Å². The van der Waals surface area contributed by atoms with Crippen LogP contribution in [0.1, 0.15) is 42.1 Å². The number of carbonyl (C=O) groups is 1. The van der Waals surface area contributed by atoms with Gasteiger partial charge in [-0.1, -0.05) is 19.8 Å². The lowest BCUT2D eigenvalue weighted by molar-refractivity contribution is 0.0596. The van der Waals surface area contributed by atoms with Gasteiger partial charge >= 0.3 is 5.97 Å². The molecule has 0 fully saturated rings. The fourth-order valence-electron chi connectivity index (χ4n) is 2.15. The Morgan fingerprint density at radius 2 is 1.86 bits per heavy atom. The van der Waals surface area contributed by atoms with Crippen LogP contribution >= 0.6 is 0 Å². The molecule has 1 rings (SSSR count). The molecule has 0 amide bonds. The molecule has 6 heteroatoms. The van der Waals surface area contributed by atoms with Gasteiger partial charge in [0.05, 0.1) is 19.1 Å². The van der Waals surface area contributed by atoms with E-state index in [1.54, 1.807) is 6.07 Å². The summed E-state index contributed by atoms with van der Waals surface area (Å²) in [5.74, 6) is -0.280. The Kier molecular flexibility index (Phi) is 6.20. The lowest BCUT2D eigenvalue weighted by atomic mass is 10.0. The highest BCUT2D eigenvalue weighted by atomic mass is 32.2. The van der Waals surface area contributed by atoms with E-state index in [1.165, 1.54) is 20.3 Å². The molecule has 0 unspecified atom stereocenters. The molecule has 0 bridgehead atoms. The van der Waals surface area contributed by atoms with Crippen LogP contribution in [0.4, 0.5) is 0 Å². The van der Waals surface area contributed by atoms with Crippen LogP contribution in [0.2, 0.25) is 0 Å². The van der Waals surface area contributed by atoms with Crippen molar-refractivity contribution in [2.24, 2.45) is 0 Å². The molecule has 21 heavy (non-hydrogen) atoms. The van der Waals surface area contributed by atoms with Gasteiger partial charge in [0, 0.05) is 6.26 Å². The number of hydrogen-bond acceptors (Lipinski definition) is 5. The van der Waals surface area contributed by atoms with Crippen LogP contribution in [0, 0.1) is 0 Å². The summed E-state index contributed by atoms with van der Waals surface area (Å²) >= 11 is 0. The second-order valence-electron chi connectivity index (χ2n) is 4.88. The molecule has 0 N–H and O–H groups in total. The van der Waals surface area contributed by atoms with Crippen molar-refractivity contribution < 1.29 is 22.7 Å². The Morgan fingerprint density at radius 1 is 1.19 bits per heavy atom. The molecule has 0 aliphatic heterocycles. The van der Waals surface area contributed by atoms with Gasteiger partial charge in [-0.2, -0.15) is 0 Å². The molecular weight excluding hydrogens is 292 g/mol. The van der Waals surface area contributed by atoms with E-state index < -0.39 is 15.8 Å². The highest BCUT2D eigenvalue weighted by Crippen LogP contribution is 2.28. The first-order valence-corrected chi connectivity index (χ1v) is 8.73. The van der Waals surface area contributed by atoms with Gasteiger partial charge in [0.15, 0.2) is 9.84 Å². The molecule has 118 valence electrons. The van der Waals surface area contributed by atoms with Crippen LogP contribution in [0.3, 0.4) is 0 Å². The van der Waals surface area contributed by atoms with Crippen molar-refractivity contribution in [3.05, 3.63) is 23.3 Å². The second-order valence-corrected chi connectivity index (χ2v) is 6.87. The van der Waals surface area contributed by atoms with Crippen molar-refractivity contribution >= 4 is 15.8 Å². The second kappa shape index (κ2) is 7.45. The van der Waals surface area contributed by atoms with E-state index in [4.69, 9.17) is 4.74 Å². The summed E-state index contributed by atoms with van der Waals surface area (Å²) in [6.45, 7) is 2.08. The Bertz CT molecular complexity index is 605. The number of carbonyl (C=O) groups excluding carboxylic acids is 1. The van der Waals surface area contributed by atoms with Gasteiger partial charge in [-0.05, 0) is 30.5 Å². The minimum atomic E-state index is -3.42. The van der Waals surface area contributed by atoms with Crippen LogP contribution in [-0.2, 0) is 21.0 Å². The van der Waals surface area contributed by atoms with Crippen LogP contribution in [0.5, 0.6) is 5.75 Å². The highest BCUT2D eigenvalue weighted by Gasteiger charge is 2.21. The molecule has 0 aliphatic rings. The minimum Gasteiger partial charge on any atom is -0.496 e. The fraction of sp³-hybridized carbons (Fsp3) is 0.533. The number of sulfone groups is 1. The largest absolute Gasteiger partial charge is 0.496 e. The fourth-order valence-corrected chi connectivity index (χ4v) is 3.12. The van der Waals surface area contributed by atoms with Crippen LogP contribution in [0.25, 0.3) is 0 Å². The van der Waals surface area contributed by atoms with Crippen LogP contribution in [0.15, 0.2) is 17.0 Å². The Hall–Kier alpha value is -1.56. The molecule has 0 spiro atoms. The van der Waals surface area contributed by atoms with Gasteiger partial charge in [0.25, 0.3) is 0 Å². The van der Waals surface area contributed by atoms with Crippen LogP contribution in [-0.4, -0.2) is 34.9 Å². The third-order valence-electron chi connectivity index (χ3n) is 3.24. The molecule has 0 aliphatic carbocycles. The smallest absolute Gasteiger partial charge is 0.341 e. The number of hydrogen-bond donors (Lipinski definition) is 0. The van der Waals surface area contributed by atoms with Crippen molar-refractivity contribution in [3.8, 4) is 5.75 Å². The van der Waals surface area contributed by atoms with Crippen molar-refractivity contribution in [1.82, 2.24) is 0 Å². The van der Waals surface area contributed by atoms with Gasteiger partial charge in [0.1, 0.15) is 11.3 Å². The number of unbranched alkanes of at least 4 members (excludes halogenated alkanes) is 2. The SMILES string of the molecule is CCCCCc1cc(OC)c(C(=O)OC)cc1S(C)(=O)=O. The van der Waals surface area contributed by atoms with Crippen molar-refractivity contribution in [2.45, 2.75) is 37.5 Å². The average Bonchev–Trinajstić information content (AvgIpc) is 2.44. The highest BCUT2D eigenvalue weighted by molar-refractivity contribution is 7.90. The lowest BCUT2D eigenvalue weighted by Crippen LogP contribution is -2.10. The number of esters is 1. The summed E-state index contributed by atoms with van der Waals surface area (Å²) in [4.78, 5) is 11.9. The number of aryl methyl sites for hydroxylation is 1.